The Hall–Kier alpha value is -2.61. The van der Waals surface area contributed by atoms with Gasteiger partial charge in [-0.3, -0.25) is 9.59 Å². The molecule has 6 heteroatoms. The van der Waals surface area contributed by atoms with Gasteiger partial charge in [0.25, 0.3) is 5.91 Å². The van der Waals surface area contributed by atoms with E-state index in [1.807, 2.05) is 36.4 Å². The first-order valence-corrected chi connectivity index (χ1v) is 9.12. The Morgan fingerprint density at radius 1 is 0.962 bits per heavy atom. The first-order valence-electron chi connectivity index (χ1n) is 8.04. The molecule has 5 nitrogen and oxygen atoms in total. The van der Waals surface area contributed by atoms with Gasteiger partial charge in [0.05, 0.1) is 18.4 Å². The minimum absolute atomic E-state index is 0.0700. The zero-order valence-electron chi connectivity index (χ0n) is 13.9. The van der Waals surface area contributed by atoms with E-state index in [-0.39, 0.29) is 24.9 Å². The molecule has 2 amide bonds. The summed E-state index contributed by atoms with van der Waals surface area (Å²) in [5, 5.41) is 2.81. The van der Waals surface area contributed by atoms with Gasteiger partial charge in [0, 0.05) is 9.26 Å². The van der Waals surface area contributed by atoms with Crippen LogP contribution in [0, 0.1) is 3.57 Å². The third-order valence-corrected chi connectivity index (χ3v) is 4.65. The summed E-state index contributed by atoms with van der Waals surface area (Å²) in [4.78, 5) is 26.9. The summed E-state index contributed by atoms with van der Waals surface area (Å²) < 4.78 is 6.19. The number of rotatable bonds is 6. The molecule has 0 bridgehead atoms. The first-order chi connectivity index (χ1) is 12.6. The van der Waals surface area contributed by atoms with Gasteiger partial charge in [-0.2, -0.15) is 0 Å². The first kappa shape index (κ1) is 18.2. The highest BCUT2D eigenvalue weighted by molar-refractivity contribution is 14.1. The highest BCUT2D eigenvalue weighted by Crippen LogP contribution is 2.16. The van der Waals surface area contributed by atoms with Crippen LogP contribution in [0.15, 0.2) is 77.4 Å². The smallest absolute Gasteiger partial charge is 0.255 e. The maximum atomic E-state index is 13.0. The van der Waals surface area contributed by atoms with E-state index < -0.39 is 0 Å². The van der Waals surface area contributed by atoms with Crippen molar-refractivity contribution in [3.63, 3.8) is 0 Å². The Labute approximate surface area is 165 Å². The minimum atomic E-state index is -0.262. The zero-order chi connectivity index (χ0) is 18.4. The third kappa shape index (κ3) is 4.72. The van der Waals surface area contributed by atoms with E-state index in [9.17, 15) is 9.59 Å². The van der Waals surface area contributed by atoms with Crippen LogP contribution in [0.3, 0.4) is 0 Å². The molecule has 0 spiro atoms. The predicted octanol–water partition coefficient (Wildman–Crippen LogP) is 4.17. The van der Waals surface area contributed by atoms with Crippen molar-refractivity contribution in [3.05, 3.63) is 87.9 Å². The zero-order valence-corrected chi connectivity index (χ0v) is 16.0. The fourth-order valence-electron chi connectivity index (χ4n) is 2.49. The number of nitrogens with zero attached hydrogens (tertiary/aromatic N) is 1. The molecule has 1 aromatic heterocycles. The number of nitrogens with one attached hydrogen (secondary N) is 1. The van der Waals surface area contributed by atoms with E-state index in [0.717, 1.165) is 3.57 Å². The van der Waals surface area contributed by atoms with Gasteiger partial charge in [-0.05, 0) is 59.0 Å². The number of hydrogen-bond acceptors (Lipinski definition) is 3. The maximum Gasteiger partial charge on any atom is 0.255 e. The van der Waals surface area contributed by atoms with Crippen molar-refractivity contribution < 1.29 is 14.0 Å². The summed E-state index contributed by atoms with van der Waals surface area (Å²) >= 11 is 2.12. The van der Waals surface area contributed by atoms with Crippen LogP contribution in [-0.4, -0.2) is 23.3 Å². The number of benzene rings is 2. The highest BCUT2D eigenvalue weighted by Gasteiger charge is 2.22. The van der Waals surface area contributed by atoms with Gasteiger partial charge in [-0.25, -0.2) is 0 Å². The largest absolute Gasteiger partial charge is 0.467 e. The molecule has 3 rings (SSSR count). The van der Waals surface area contributed by atoms with Crippen molar-refractivity contribution in [2.24, 2.45) is 0 Å². The lowest BCUT2D eigenvalue weighted by Crippen LogP contribution is -2.37. The van der Waals surface area contributed by atoms with E-state index in [1.54, 1.807) is 36.6 Å². The number of anilines is 1. The summed E-state index contributed by atoms with van der Waals surface area (Å²) in [6, 6.07) is 20.0. The molecule has 0 aliphatic carbocycles. The number of halogens is 1. The van der Waals surface area contributed by atoms with Gasteiger partial charge in [0.2, 0.25) is 5.91 Å². The summed E-state index contributed by atoms with van der Waals surface area (Å²) in [7, 11) is 0. The van der Waals surface area contributed by atoms with E-state index in [1.165, 1.54) is 4.90 Å². The molecule has 1 N–H and O–H groups in total. The third-order valence-electron chi connectivity index (χ3n) is 3.71. The van der Waals surface area contributed by atoms with E-state index in [2.05, 4.69) is 27.9 Å². The molecule has 1 heterocycles. The van der Waals surface area contributed by atoms with Crippen LogP contribution in [-0.2, 0) is 11.3 Å². The van der Waals surface area contributed by atoms with Gasteiger partial charge in [0.1, 0.15) is 12.3 Å². The lowest BCUT2D eigenvalue weighted by molar-refractivity contribution is -0.117. The van der Waals surface area contributed by atoms with E-state index >= 15 is 0 Å². The number of para-hydroxylation sites is 1. The van der Waals surface area contributed by atoms with Crippen LogP contribution in [0.1, 0.15) is 16.1 Å². The molecule has 0 radical (unpaired) electrons. The van der Waals surface area contributed by atoms with Crippen LogP contribution in [0.4, 0.5) is 5.69 Å². The number of carbonyl (C=O) groups excluding carboxylic acids is 2. The number of hydrogen-bond donors (Lipinski definition) is 1. The van der Waals surface area contributed by atoms with Gasteiger partial charge in [0.15, 0.2) is 0 Å². The second kappa shape index (κ2) is 8.66. The minimum Gasteiger partial charge on any atom is -0.467 e. The van der Waals surface area contributed by atoms with Crippen LogP contribution in [0.5, 0.6) is 0 Å². The molecular weight excluding hydrogens is 443 g/mol. The van der Waals surface area contributed by atoms with Crippen molar-refractivity contribution in [2.45, 2.75) is 6.54 Å². The molecule has 3 aromatic rings. The summed E-state index contributed by atoms with van der Waals surface area (Å²) in [6.45, 7) is 0.151. The average Bonchev–Trinajstić information content (AvgIpc) is 3.15. The highest BCUT2D eigenvalue weighted by atomic mass is 127. The Morgan fingerprint density at radius 3 is 2.38 bits per heavy atom. The molecule has 132 valence electrons. The average molecular weight is 460 g/mol. The Bertz CT molecular complexity index is 879. The molecular formula is C20H17IN2O3. The van der Waals surface area contributed by atoms with Gasteiger partial charge in [-0.1, -0.05) is 30.3 Å². The molecule has 26 heavy (non-hydrogen) atoms. The van der Waals surface area contributed by atoms with E-state index in [0.29, 0.717) is 17.0 Å². The molecule has 0 aliphatic heterocycles. The lowest BCUT2D eigenvalue weighted by Gasteiger charge is -2.22. The Kier molecular flexibility index (Phi) is 6.06. The predicted molar refractivity (Wildman–Crippen MR) is 108 cm³/mol. The number of carbonyl (C=O) groups is 2. The topological polar surface area (TPSA) is 62.6 Å². The van der Waals surface area contributed by atoms with E-state index in [4.69, 9.17) is 4.42 Å². The van der Waals surface area contributed by atoms with Crippen LogP contribution >= 0.6 is 22.6 Å². The van der Waals surface area contributed by atoms with Gasteiger partial charge in [-0.15, -0.1) is 0 Å². The van der Waals surface area contributed by atoms with Gasteiger partial charge < -0.3 is 14.6 Å². The summed E-state index contributed by atoms with van der Waals surface area (Å²) in [6.07, 6.45) is 1.55. The molecule has 0 unspecified atom stereocenters. The van der Waals surface area contributed by atoms with Crippen molar-refractivity contribution in [3.8, 4) is 0 Å². The van der Waals surface area contributed by atoms with Crippen molar-refractivity contribution in [2.75, 3.05) is 11.9 Å². The normalized spacial score (nSPS) is 10.3. The molecule has 0 saturated heterocycles. The lowest BCUT2D eigenvalue weighted by atomic mass is 10.2. The van der Waals surface area contributed by atoms with Crippen molar-refractivity contribution in [1.82, 2.24) is 4.90 Å². The molecule has 2 aromatic carbocycles. The molecule has 0 aliphatic rings. The summed E-state index contributed by atoms with van der Waals surface area (Å²) in [5.74, 6) is 0.147. The molecule has 0 atom stereocenters. The number of amides is 2. The Morgan fingerprint density at radius 2 is 1.69 bits per heavy atom. The monoisotopic (exact) mass is 460 g/mol. The second-order valence-electron chi connectivity index (χ2n) is 5.63. The van der Waals surface area contributed by atoms with Crippen LogP contribution < -0.4 is 5.32 Å². The molecule has 0 saturated carbocycles. The molecule has 0 fully saturated rings. The summed E-state index contributed by atoms with van der Waals surface area (Å²) in [5.41, 5.74) is 1.25. The van der Waals surface area contributed by atoms with Crippen molar-refractivity contribution in [1.29, 1.82) is 0 Å². The van der Waals surface area contributed by atoms with Crippen LogP contribution in [0.2, 0.25) is 0 Å². The van der Waals surface area contributed by atoms with Crippen molar-refractivity contribution >= 4 is 40.1 Å². The number of furan rings is 1. The second-order valence-corrected chi connectivity index (χ2v) is 6.80. The maximum absolute atomic E-state index is 13.0. The van der Waals surface area contributed by atoms with Crippen LogP contribution in [0.25, 0.3) is 0 Å². The Balaban J connectivity index is 1.78. The fraction of sp³-hybridized carbons (Fsp3) is 0.100. The van der Waals surface area contributed by atoms with Gasteiger partial charge >= 0.3 is 0 Å². The standard InChI is InChI=1S/C20H17IN2O3/c21-18-11-5-4-10-17(18)20(25)23(13-16-9-6-12-26-16)14-19(24)22-15-7-2-1-3-8-15/h1-12H,13-14H2,(H,22,24). The SMILES string of the molecule is O=C(CN(Cc1ccco1)C(=O)c1ccccc1I)Nc1ccccc1. The fourth-order valence-corrected chi connectivity index (χ4v) is 3.11. The quantitative estimate of drug-likeness (QED) is 0.562.